The number of rotatable bonds is 6. The molecule has 0 bridgehead atoms. The minimum atomic E-state index is -4.31. The molecule has 0 atom stereocenters. The van der Waals surface area contributed by atoms with Gasteiger partial charge in [-0.25, -0.2) is 0 Å². The number of carbonyl (C=O) groups is 2. The van der Waals surface area contributed by atoms with E-state index >= 15 is 0 Å². The van der Waals surface area contributed by atoms with Crippen LogP contribution in [0.1, 0.15) is 38.3 Å². The van der Waals surface area contributed by atoms with Crippen molar-refractivity contribution in [2.45, 2.75) is 19.1 Å². The highest BCUT2D eigenvalue weighted by Gasteiger charge is 2.34. The van der Waals surface area contributed by atoms with Crippen LogP contribution in [-0.2, 0) is 12.7 Å². The molecule has 2 amide bonds. The monoisotopic (exact) mass is 431 g/mol. The zero-order chi connectivity index (χ0) is 22.0. The zero-order valence-electron chi connectivity index (χ0n) is 17.1. The third-order valence-corrected chi connectivity index (χ3v) is 5.89. The Bertz CT molecular complexity index is 916. The van der Waals surface area contributed by atoms with Crippen molar-refractivity contribution in [2.24, 2.45) is 0 Å². The Balaban J connectivity index is 1.20. The van der Waals surface area contributed by atoms with Gasteiger partial charge in [-0.2, -0.15) is 13.2 Å². The molecule has 1 fully saturated rings. The summed E-state index contributed by atoms with van der Waals surface area (Å²) in [6.45, 7) is 5.17. The van der Waals surface area contributed by atoms with Crippen molar-refractivity contribution in [3.8, 4) is 0 Å². The van der Waals surface area contributed by atoms with Crippen molar-refractivity contribution in [3.63, 3.8) is 0 Å². The number of carbonyl (C=O) groups excluding carboxylic acids is 2. The second kappa shape index (κ2) is 8.80. The number of nitrogens with zero attached hydrogens (tertiary/aromatic N) is 3. The first-order valence-corrected chi connectivity index (χ1v) is 10.4. The molecule has 5 nitrogen and oxygen atoms in total. The highest BCUT2D eigenvalue weighted by atomic mass is 19.4. The lowest BCUT2D eigenvalue weighted by atomic mass is 10.1. The van der Waals surface area contributed by atoms with Gasteiger partial charge in [-0.15, -0.1) is 0 Å². The van der Waals surface area contributed by atoms with E-state index in [9.17, 15) is 22.8 Å². The van der Waals surface area contributed by atoms with Crippen LogP contribution in [-0.4, -0.2) is 65.8 Å². The van der Waals surface area contributed by atoms with Gasteiger partial charge in [0.15, 0.2) is 0 Å². The Hall–Kier alpha value is -2.71. The molecule has 2 heterocycles. The van der Waals surface area contributed by atoms with Gasteiger partial charge in [-0.05, 0) is 42.8 Å². The van der Waals surface area contributed by atoms with Gasteiger partial charge in [0.05, 0.1) is 16.7 Å². The molecule has 0 aromatic heterocycles. The summed E-state index contributed by atoms with van der Waals surface area (Å²) in [5, 5.41) is 0. The minimum absolute atomic E-state index is 0.220. The van der Waals surface area contributed by atoms with E-state index in [1.807, 2.05) is 0 Å². The molecular formula is C23H24F3N3O2. The van der Waals surface area contributed by atoms with Crippen molar-refractivity contribution in [1.29, 1.82) is 0 Å². The van der Waals surface area contributed by atoms with Crippen molar-refractivity contribution < 1.29 is 22.8 Å². The van der Waals surface area contributed by atoms with Crippen molar-refractivity contribution in [1.82, 2.24) is 14.7 Å². The summed E-state index contributed by atoms with van der Waals surface area (Å²) in [7, 11) is 0. The van der Waals surface area contributed by atoms with Crippen LogP contribution in [0.5, 0.6) is 0 Å². The van der Waals surface area contributed by atoms with E-state index in [1.54, 1.807) is 24.3 Å². The Kier molecular flexibility index (Phi) is 6.11. The summed E-state index contributed by atoms with van der Waals surface area (Å²) >= 11 is 0. The first-order chi connectivity index (χ1) is 14.8. The summed E-state index contributed by atoms with van der Waals surface area (Å²) in [5.41, 5.74) is 1.19. The van der Waals surface area contributed by atoms with Crippen LogP contribution in [0.4, 0.5) is 13.2 Å². The molecule has 8 heteroatoms. The summed E-state index contributed by atoms with van der Waals surface area (Å²) in [5.74, 6) is -0.441. The molecule has 2 aliphatic rings. The van der Waals surface area contributed by atoms with Crippen LogP contribution >= 0.6 is 0 Å². The minimum Gasteiger partial charge on any atom is -0.301 e. The Labute approximate surface area is 179 Å². The second-order valence-corrected chi connectivity index (χ2v) is 7.97. The normalized spacial score (nSPS) is 18.0. The van der Waals surface area contributed by atoms with Crippen molar-refractivity contribution in [2.75, 3.05) is 39.3 Å². The highest BCUT2D eigenvalue weighted by Crippen LogP contribution is 2.29. The number of piperazine rings is 1. The van der Waals surface area contributed by atoms with Crippen LogP contribution in [0, 0.1) is 0 Å². The summed E-state index contributed by atoms with van der Waals surface area (Å²) in [6.07, 6.45) is -3.60. The highest BCUT2D eigenvalue weighted by molar-refractivity contribution is 6.21. The van der Waals surface area contributed by atoms with Gasteiger partial charge in [0.2, 0.25) is 0 Å². The number of hydrogen-bond donors (Lipinski definition) is 0. The number of alkyl halides is 3. The largest absolute Gasteiger partial charge is 0.416 e. The predicted octanol–water partition coefficient (Wildman–Crippen LogP) is 3.51. The quantitative estimate of drug-likeness (QED) is 0.657. The van der Waals surface area contributed by atoms with E-state index in [-0.39, 0.29) is 11.8 Å². The fourth-order valence-corrected chi connectivity index (χ4v) is 4.12. The summed E-state index contributed by atoms with van der Waals surface area (Å²) in [4.78, 5) is 30.7. The van der Waals surface area contributed by atoms with E-state index in [0.29, 0.717) is 30.6 Å². The van der Waals surface area contributed by atoms with E-state index in [4.69, 9.17) is 0 Å². The number of imide groups is 1. The lowest BCUT2D eigenvalue weighted by Gasteiger charge is -2.35. The number of amides is 2. The molecule has 2 aromatic rings. The van der Waals surface area contributed by atoms with Gasteiger partial charge in [-0.1, -0.05) is 24.3 Å². The number of benzene rings is 2. The van der Waals surface area contributed by atoms with Crippen LogP contribution in [0.25, 0.3) is 0 Å². The summed E-state index contributed by atoms with van der Waals surface area (Å²) in [6, 6.07) is 12.2. The molecule has 1 saturated heterocycles. The van der Waals surface area contributed by atoms with Crippen molar-refractivity contribution >= 4 is 11.8 Å². The average molecular weight is 431 g/mol. The lowest BCUT2D eigenvalue weighted by Crippen LogP contribution is -2.46. The predicted molar refractivity (Wildman–Crippen MR) is 110 cm³/mol. The maximum atomic E-state index is 12.7. The molecule has 0 aliphatic carbocycles. The maximum Gasteiger partial charge on any atom is 0.416 e. The fraction of sp³-hybridized carbons (Fsp3) is 0.391. The second-order valence-electron chi connectivity index (χ2n) is 7.97. The van der Waals surface area contributed by atoms with E-state index < -0.39 is 11.7 Å². The van der Waals surface area contributed by atoms with Gasteiger partial charge in [0.25, 0.3) is 11.8 Å². The Morgan fingerprint density at radius 3 is 1.84 bits per heavy atom. The van der Waals surface area contributed by atoms with Crippen LogP contribution in [0.15, 0.2) is 48.5 Å². The van der Waals surface area contributed by atoms with Gasteiger partial charge >= 0.3 is 6.18 Å². The topological polar surface area (TPSA) is 43.9 Å². The molecule has 4 rings (SSSR count). The molecule has 2 aliphatic heterocycles. The molecule has 0 radical (unpaired) electrons. The lowest BCUT2D eigenvalue weighted by molar-refractivity contribution is -0.137. The average Bonchev–Trinajstić information content (AvgIpc) is 3.00. The van der Waals surface area contributed by atoms with E-state index in [0.717, 1.165) is 50.4 Å². The third-order valence-electron chi connectivity index (χ3n) is 5.89. The van der Waals surface area contributed by atoms with Crippen molar-refractivity contribution in [3.05, 3.63) is 70.8 Å². The molecule has 0 N–H and O–H groups in total. The smallest absolute Gasteiger partial charge is 0.301 e. The van der Waals surface area contributed by atoms with E-state index in [2.05, 4.69) is 9.80 Å². The Morgan fingerprint density at radius 2 is 1.29 bits per heavy atom. The molecule has 31 heavy (non-hydrogen) atoms. The van der Waals surface area contributed by atoms with Gasteiger partial charge in [-0.3, -0.25) is 19.4 Å². The zero-order valence-corrected chi connectivity index (χ0v) is 17.1. The van der Waals surface area contributed by atoms with E-state index in [1.165, 1.54) is 17.0 Å². The first kappa shape index (κ1) is 21.5. The molecular weight excluding hydrogens is 407 g/mol. The van der Waals surface area contributed by atoms with Crippen LogP contribution in [0.3, 0.4) is 0 Å². The van der Waals surface area contributed by atoms with Crippen LogP contribution in [0.2, 0.25) is 0 Å². The molecule has 0 saturated carbocycles. The Morgan fingerprint density at radius 1 is 0.742 bits per heavy atom. The van der Waals surface area contributed by atoms with Gasteiger partial charge < -0.3 is 4.90 Å². The van der Waals surface area contributed by atoms with Crippen LogP contribution < -0.4 is 0 Å². The first-order valence-electron chi connectivity index (χ1n) is 10.4. The SMILES string of the molecule is O=C1c2ccccc2C(=O)N1CCCN1CCN(Cc2ccc(C(F)(F)F)cc2)CC1. The molecule has 2 aromatic carbocycles. The number of halogens is 3. The molecule has 0 spiro atoms. The number of hydrogen-bond acceptors (Lipinski definition) is 4. The fourth-order valence-electron chi connectivity index (χ4n) is 4.12. The molecule has 0 unspecified atom stereocenters. The standard InChI is InChI=1S/C23H24F3N3O2/c24-23(25,26)18-8-6-17(7-9-18)16-28-14-12-27(13-15-28)10-3-11-29-21(30)19-4-1-2-5-20(19)22(29)31/h1-2,4-9H,3,10-16H2. The molecule has 164 valence electrons. The maximum absolute atomic E-state index is 12.7. The number of fused-ring (bicyclic) bond motifs is 1. The summed E-state index contributed by atoms with van der Waals surface area (Å²) < 4.78 is 38.0. The third kappa shape index (κ3) is 4.80. The van der Waals surface area contributed by atoms with Gasteiger partial charge in [0, 0.05) is 39.3 Å². The van der Waals surface area contributed by atoms with Gasteiger partial charge in [0.1, 0.15) is 0 Å².